The minimum absolute atomic E-state index is 0.0282. The molecule has 0 bridgehead atoms. The van der Waals surface area contributed by atoms with Gasteiger partial charge in [-0.1, -0.05) is 13.8 Å². The first kappa shape index (κ1) is 17.2. The molecule has 0 saturated heterocycles. The van der Waals surface area contributed by atoms with E-state index in [9.17, 15) is 14.4 Å². The molecule has 0 aliphatic rings. The van der Waals surface area contributed by atoms with Crippen molar-refractivity contribution in [3.05, 3.63) is 22.4 Å². The number of thiophene rings is 1. The Labute approximate surface area is 127 Å². The number of rotatable bonds is 6. The van der Waals surface area contributed by atoms with Gasteiger partial charge in [0.2, 0.25) is 5.91 Å². The van der Waals surface area contributed by atoms with E-state index in [4.69, 9.17) is 5.11 Å². The fraction of sp³-hybridized carbons (Fsp3) is 0.500. The van der Waals surface area contributed by atoms with Crippen molar-refractivity contribution < 1.29 is 19.5 Å². The van der Waals surface area contributed by atoms with Crippen LogP contribution < -0.4 is 10.6 Å². The van der Waals surface area contributed by atoms with E-state index >= 15 is 0 Å². The van der Waals surface area contributed by atoms with Gasteiger partial charge in [0.25, 0.3) is 0 Å². The third-order valence-corrected chi connectivity index (χ3v) is 3.61. The molecular formula is C14H20N2O4S. The Morgan fingerprint density at radius 2 is 2.00 bits per heavy atom. The SMILES string of the molecule is CC(NC(=O)NC(=O)CC(C)(C)CC(=O)O)c1ccsc1. The van der Waals surface area contributed by atoms with Crippen molar-refractivity contribution in [1.82, 2.24) is 10.6 Å². The van der Waals surface area contributed by atoms with Gasteiger partial charge in [-0.25, -0.2) is 4.79 Å². The maximum atomic E-state index is 11.8. The van der Waals surface area contributed by atoms with Crippen LogP contribution in [0.4, 0.5) is 4.79 Å². The lowest BCUT2D eigenvalue weighted by atomic mass is 9.85. The van der Waals surface area contributed by atoms with Gasteiger partial charge in [0.15, 0.2) is 0 Å². The molecule has 1 heterocycles. The summed E-state index contributed by atoms with van der Waals surface area (Å²) in [7, 11) is 0. The topological polar surface area (TPSA) is 95.5 Å². The molecule has 1 unspecified atom stereocenters. The van der Waals surface area contributed by atoms with Gasteiger partial charge in [0.05, 0.1) is 12.5 Å². The Kier molecular flexibility index (Phi) is 5.90. The summed E-state index contributed by atoms with van der Waals surface area (Å²) in [5.74, 6) is -1.46. The van der Waals surface area contributed by atoms with Crippen LogP contribution in [0.3, 0.4) is 0 Å². The van der Waals surface area contributed by atoms with Crippen LogP contribution in [-0.2, 0) is 9.59 Å². The van der Waals surface area contributed by atoms with Crippen LogP contribution in [0, 0.1) is 5.41 Å². The number of hydrogen-bond acceptors (Lipinski definition) is 4. The highest BCUT2D eigenvalue weighted by atomic mass is 32.1. The Morgan fingerprint density at radius 1 is 1.33 bits per heavy atom. The fourth-order valence-electron chi connectivity index (χ4n) is 1.91. The quantitative estimate of drug-likeness (QED) is 0.752. The molecule has 0 aromatic carbocycles. The van der Waals surface area contributed by atoms with E-state index in [0.717, 1.165) is 5.56 Å². The lowest BCUT2D eigenvalue weighted by Gasteiger charge is -2.21. The minimum atomic E-state index is -0.969. The molecule has 0 aliphatic carbocycles. The average Bonchev–Trinajstić information content (AvgIpc) is 2.77. The molecule has 1 rings (SSSR count). The van der Waals surface area contributed by atoms with Gasteiger partial charge in [-0.05, 0) is 34.7 Å². The Balaban J connectivity index is 2.44. The van der Waals surface area contributed by atoms with Gasteiger partial charge in [0.1, 0.15) is 0 Å². The third kappa shape index (κ3) is 6.40. The van der Waals surface area contributed by atoms with Crippen LogP contribution in [0.1, 0.15) is 45.2 Å². The molecule has 0 saturated carbocycles. The van der Waals surface area contributed by atoms with Crippen molar-refractivity contribution in [2.45, 2.75) is 39.7 Å². The van der Waals surface area contributed by atoms with Gasteiger partial charge in [0, 0.05) is 6.42 Å². The number of nitrogens with one attached hydrogen (secondary N) is 2. The molecule has 3 amide bonds. The molecule has 7 heteroatoms. The maximum Gasteiger partial charge on any atom is 0.321 e. The smallest absolute Gasteiger partial charge is 0.321 e. The molecule has 1 aromatic heterocycles. The first-order valence-electron chi connectivity index (χ1n) is 6.54. The number of carboxylic acid groups (broad SMARTS) is 1. The zero-order valence-electron chi connectivity index (χ0n) is 12.3. The van der Waals surface area contributed by atoms with E-state index in [0.29, 0.717) is 0 Å². The van der Waals surface area contributed by atoms with E-state index < -0.39 is 23.3 Å². The van der Waals surface area contributed by atoms with Crippen LogP contribution in [0.15, 0.2) is 16.8 Å². The highest BCUT2D eigenvalue weighted by Crippen LogP contribution is 2.24. The normalized spacial score (nSPS) is 12.5. The first-order valence-corrected chi connectivity index (χ1v) is 7.48. The van der Waals surface area contributed by atoms with Crippen molar-refractivity contribution in [2.24, 2.45) is 5.41 Å². The molecule has 3 N–H and O–H groups in total. The molecule has 1 atom stereocenters. The zero-order chi connectivity index (χ0) is 16.0. The standard InChI is InChI=1S/C14H20N2O4S/c1-9(10-4-5-21-8-10)15-13(20)16-11(17)6-14(2,3)7-12(18)19/h4-5,8-9H,6-7H2,1-3H3,(H,18,19)(H2,15,16,17,20). The molecule has 0 fully saturated rings. The van der Waals surface area contributed by atoms with Gasteiger partial charge >= 0.3 is 12.0 Å². The Morgan fingerprint density at radius 3 is 2.52 bits per heavy atom. The van der Waals surface area contributed by atoms with Crippen LogP contribution in [-0.4, -0.2) is 23.0 Å². The third-order valence-electron chi connectivity index (χ3n) is 2.91. The zero-order valence-corrected chi connectivity index (χ0v) is 13.1. The Hall–Kier alpha value is -1.89. The Bertz CT molecular complexity index is 511. The fourth-order valence-corrected chi connectivity index (χ4v) is 2.67. The van der Waals surface area contributed by atoms with Crippen molar-refractivity contribution in [3.8, 4) is 0 Å². The summed E-state index contributed by atoms with van der Waals surface area (Å²) >= 11 is 1.53. The van der Waals surface area contributed by atoms with E-state index in [1.165, 1.54) is 11.3 Å². The largest absolute Gasteiger partial charge is 0.481 e. The highest BCUT2D eigenvalue weighted by molar-refractivity contribution is 7.07. The lowest BCUT2D eigenvalue weighted by Crippen LogP contribution is -2.42. The van der Waals surface area contributed by atoms with Crippen molar-refractivity contribution >= 4 is 29.2 Å². The second-order valence-electron chi connectivity index (χ2n) is 5.71. The van der Waals surface area contributed by atoms with Crippen molar-refractivity contribution in [1.29, 1.82) is 0 Å². The molecule has 0 radical (unpaired) electrons. The van der Waals surface area contributed by atoms with Gasteiger partial charge in [-0.15, -0.1) is 0 Å². The predicted octanol–water partition coefficient (Wildman–Crippen LogP) is 2.53. The summed E-state index contributed by atoms with van der Waals surface area (Å²) in [6.07, 6.45) is -0.160. The summed E-state index contributed by atoms with van der Waals surface area (Å²) in [5.41, 5.74) is 0.267. The number of carboxylic acids is 1. The van der Waals surface area contributed by atoms with E-state index in [-0.39, 0.29) is 18.9 Å². The van der Waals surface area contributed by atoms with Crippen molar-refractivity contribution in [2.75, 3.05) is 0 Å². The number of amides is 3. The number of imide groups is 1. The summed E-state index contributed by atoms with van der Waals surface area (Å²) in [6, 6.07) is 1.12. The molecular weight excluding hydrogens is 292 g/mol. The van der Waals surface area contributed by atoms with E-state index in [1.807, 2.05) is 23.8 Å². The first-order chi connectivity index (χ1) is 9.69. The average molecular weight is 312 g/mol. The molecule has 6 nitrogen and oxygen atoms in total. The van der Waals surface area contributed by atoms with Crippen molar-refractivity contribution in [3.63, 3.8) is 0 Å². The predicted molar refractivity (Wildman–Crippen MR) is 80.1 cm³/mol. The lowest BCUT2D eigenvalue weighted by molar-refractivity contribution is -0.139. The number of carbonyl (C=O) groups is 3. The van der Waals surface area contributed by atoms with Crippen LogP contribution in [0.2, 0.25) is 0 Å². The number of urea groups is 1. The second-order valence-corrected chi connectivity index (χ2v) is 6.49. The molecule has 21 heavy (non-hydrogen) atoms. The minimum Gasteiger partial charge on any atom is -0.481 e. The number of aliphatic carboxylic acids is 1. The van der Waals surface area contributed by atoms with E-state index in [1.54, 1.807) is 13.8 Å². The maximum absolute atomic E-state index is 11.8. The molecule has 116 valence electrons. The van der Waals surface area contributed by atoms with E-state index in [2.05, 4.69) is 10.6 Å². The van der Waals surface area contributed by atoms with Gasteiger partial charge in [-0.2, -0.15) is 11.3 Å². The van der Waals surface area contributed by atoms with Gasteiger partial charge < -0.3 is 10.4 Å². The molecule has 0 spiro atoms. The highest BCUT2D eigenvalue weighted by Gasteiger charge is 2.26. The van der Waals surface area contributed by atoms with Gasteiger partial charge in [-0.3, -0.25) is 14.9 Å². The summed E-state index contributed by atoms with van der Waals surface area (Å²) in [6.45, 7) is 5.17. The van der Waals surface area contributed by atoms with Crippen LogP contribution in [0.25, 0.3) is 0 Å². The number of carbonyl (C=O) groups excluding carboxylic acids is 2. The van der Waals surface area contributed by atoms with Crippen LogP contribution >= 0.6 is 11.3 Å². The molecule has 0 aliphatic heterocycles. The second kappa shape index (κ2) is 7.21. The summed E-state index contributed by atoms with van der Waals surface area (Å²) in [5, 5.41) is 17.5. The molecule has 1 aromatic rings. The van der Waals surface area contributed by atoms with Crippen LogP contribution in [0.5, 0.6) is 0 Å². The summed E-state index contributed by atoms with van der Waals surface area (Å²) < 4.78 is 0. The summed E-state index contributed by atoms with van der Waals surface area (Å²) in [4.78, 5) is 34.2. The number of hydrogen-bond donors (Lipinski definition) is 3. The monoisotopic (exact) mass is 312 g/mol.